The largest absolute Gasteiger partial charge is 0.113 e. The lowest BCUT2D eigenvalue weighted by Crippen LogP contribution is -1.95. The molecule has 0 aliphatic heterocycles. The molecule has 0 spiro atoms. The fraction of sp³-hybridized carbons (Fsp3) is 0.200. The van der Waals surface area contributed by atoms with Gasteiger partial charge in [-0.15, -0.1) is 11.6 Å². The van der Waals surface area contributed by atoms with Crippen LogP contribution in [0.1, 0.15) is 27.6 Å². The molecular weight excluding hydrogens is 331 g/mol. The zero-order valence-electron chi connectivity index (χ0n) is 10.2. The van der Waals surface area contributed by atoms with E-state index in [1.807, 2.05) is 18.2 Å². The monoisotopic (exact) mass is 342 g/mol. The van der Waals surface area contributed by atoms with Gasteiger partial charge in [0.15, 0.2) is 0 Å². The molecule has 0 saturated carbocycles. The van der Waals surface area contributed by atoms with Crippen LogP contribution in [0.15, 0.2) is 40.9 Å². The molecule has 2 aromatic carbocycles. The van der Waals surface area contributed by atoms with E-state index >= 15 is 0 Å². The minimum atomic E-state index is -0.181. The Morgan fingerprint density at radius 1 is 0.944 bits per heavy atom. The average molecular weight is 344 g/mol. The second-order valence-electron chi connectivity index (χ2n) is 4.41. The lowest BCUT2D eigenvalue weighted by atomic mass is 10.00. The zero-order chi connectivity index (χ0) is 13.3. The number of alkyl halides is 1. The van der Waals surface area contributed by atoms with Crippen LogP contribution in [-0.2, 0) is 0 Å². The molecule has 3 heteroatoms. The van der Waals surface area contributed by atoms with Crippen molar-refractivity contribution < 1.29 is 0 Å². The average Bonchev–Trinajstić information content (AvgIpc) is 2.30. The third-order valence-corrected chi connectivity index (χ3v) is 4.18. The maximum Gasteiger partial charge on any atom is 0.0836 e. The van der Waals surface area contributed by atoms with Crippen molar-refractivity contribution in [2.45, 2.75) is 19.2 Å². The predicted octanol–water partition coefficient (Wildman–Crippen LogP) is 6.05. The maximum atomic E-state index is 6.52. The van der Waals surface area contributed by atoms with Gasteiger partial charge in [0.1, 0.15) is 0 Å². The smallest absolute Gasteiger partial charge is 0.0836 e. The van der Waals surface area contributed by atoms with E-state index in [0.717, 1.165) is 15.6 Å². The maximum absolute atomic E-state index is 6.52. The van der Waals surface area contributed by atoms with Gasteiger partial charge in [-0.25, -0.2) is 0 Å². The molecule has 0 radical (unpaired) electrons. The third kappa shape index (κ3) is 3.09. The number of hydrogen-bond donors (Lipinski definition) is 0. The van der Waals surface area contributed by atoms with E-state index in [1.54, 1.807) is 0 Å². The SMILES string of the molecule is Cc1ccc(C(Cl)c2cc(Cl)cc(Br)c2)cc1C. The molecule has 0 fully saturated rings. The van der Waals surface area contributed by atoms with Crippen molar-refractivity contribution in [1.29, 1.82) is 0 Å². The van der Waals surface area contributed by atoms with Crippen molar-refractivity contribution in [3.8, 4) is 0 Å². The van der Waals surface area contributed by atoms with Crippen molar-refractivity contribution in [2.24, 2.45) is 0 Å². The fourth-order valence-corrected chi connectivity index (χ4v) is 2.98. The first kappa shape index (κ1) is 13.9. The molecule has 1 atom stereocenters. The Kier molecular flexibility index (Phi) is 4.37. The highest BCUT2D eigenvalue weighted by atomic mass is 79.9. The molecule has 0 aliphatic carbocycles. The molecular formula is C15H13BrCl2. The molecule has 0 bridgehead atoms. The van der Waals surface area contributed by atoms with Gasteiger partial charge in [0.05, 0.1) is 5.38 Å². The normalized spacial score (nSPS) is 12.5. The van der Waals surface area contributed by atoms with Crippen LogP contribution in [0.3, 0.4) is 0 Å². The summed E-state index contributed by atoms with van der Waals surface area (Å²) < 4.78 is 0.944. The standard InChI is InChI=1S/C15H13BrCl2/c1-9-3-4-11(5-10(9)2)15(18)12-6-13(16)8-14(17)7-12/h3-8,15H,1-2H3. The lowest BCUT2D eigenvalue weighted by Gasteiger charge is -2.13. The van der Waals surface area contributed by atoms with Crippen LogP contribution < -0.4 is 0 Å². The van der Waals surface area contributed by atoms with Crippen molar-refractivity contribution in [3.05, 3.63) is 68.1 Å². The van der Waals surface area contributed by atoms with E-state index < -0.39 is 0 Å². The van der Waals surface area contributed by atoms with Gasteiger partial charge in [-0.05, 0) is 54.3 Å². The predicted molar refractivity (Wildman–Crippen MR) is 82.8 cm³/mol. The van der Waals surface area contributed by atoms with Gasteiger partial charge in [-0.2, -0.15) is 0 Å². The Morgan fingerprint density at radius 3 is 2.28 bits per heavy atom. The van der Waals surface area contributed by atoms with Gasteiger partial charge in [-0.1, -0.05) is 45.7 Å². The minimum Gasteiger partial charge on any atom is -0.113 e. The lowest BCUT2D eigenvalue weighted by molar-refractivity contribution is 1.12. The van der Waals surface area contributed by atoms with Crippen molar-refractivity contribution in [1.82, 2.24) is 0 Å². The van der Waals surface area contributed by atoms with Gasteiger partial charge in [0, 0.05) is 9.50 Å². The first-order valence-electron chi connectivity index (χ1n) is 5.64. The summed E-state index contributed by atoms with van der Waals surface area (Å²) in [5.41, 5.74) is 4.61. The summed E-state index contributed by atoms with van der Waals surface area (Å²) in [5.74, 6) is 0. The van der Waals surface area contributed by atoms with Crippen LogP contribution in [0.2, 0.25) is 5.02 Å². The van der Waals surface area contributed by atoms with Gasteiger partial charge in [0.25, 0.3) is 0 Å². The molecule has 2 aromatic rings. The highest BCUT2D eigenvalue weighted by molar-refractivity contribution is 9.10. The van der Waals surface area contributed by atoms with Gasteiger partial charge < -0.3 is 0 Å². The minimum absolute atomic E-state index is 0.181. The first-order valence-corrected chi connectivity index (χ1v) is 7.25. The van der Waals surface area contributed by atoms with Gasteiger partial charge in [0.2, 0.25) is 0 Å². The summed E-state index contributed by atoms with van der Waals surface area (Å²) in [5, 5.41) is 0.508. The van der Waals surface area contributed by atoms with E-state index in [0.29, 0.717) is 5.02 Å². The van der Waals surface area contributed by atoms with E-state index in [2.05, 4.69) is 48.0 Å². The van der Waals surface area contributed by atoms with Crippen molar-refractivity contribution in [2.75, 3.05) is 0 Å². The van der Waals surface area contributed by atoms with E-state index in [9.17, 15) is 0 Å². The highest BCUT2D eigenvalue weighted by Crippen LogP contribution is 2.33. The quantitative estimate of drug-likeness (QED) is 0.582. The second-order valence-corrected chi connectivity index (χ2v) is 6.20. The van der Waals surface area contributed by atoms with Crippen LogP contribution in [0.4, 0.5) is 0 Å². The Hall–Kier alpha value is -0.500. The number of hydrogen-bond acceptors (Lipinski definition) is 0. The van der Waals surface area contributed by atoms with Crippen LogP contribution in [0.25, 0.3) is 0 Å². The number of benzene rings is 2. The zero-order valence-corrected chi connectivity index (χ0v) is 13.3. The van der Waals surface area contributed by atoms with Gasteiger partial charge in [-0.3, -0.25) is 0 Å². The second kappa shape index (κ2) is 5.64. The molecule has 0 saturated heterocycles. The van der Waals surface area contributed by atoms with Crippen LogP contribution in [0.5, 0.6) is 0 Å². The highest BCUT2D eigenvalue weighted by Gasteiger charge is 2.12. The Bertz CT molecular complexity index is 558. The fourth-order valence-electron chi connectivity index (χ4n) is 1.84. The first-order chi connectivity index (χ1) is 8.47. The molecule has 0 N–H and O–H groups in total. The van der Waals surface area contributed by atoms with Crippen molar-refractivity contribution in [3.63, 3.8) is 0 Å². The summed E-state index contributed by atoms with van der Waals surface area (Å²) in [6.07, 6.45) is 0. The van der Waals surface area contributed by atoms with Crippen LogP contribution in [0, 0.1) is 13.8 Å². The third-order valence-electron chi connectivity index (χ3n) is 3.00. The molecule has 0 aromatic heterocycles. The van der Waals surface area contributed by atoms with Crippen LogP contribution in [-0.4, -0.2) is 0 Å². The molecule has 1 unspecified atom stereocenters. The van der Waals surface area contributed by atoms with Crippen LogP contribution >= 0.6 is 39.1 Å². The number of halogens is 3. The Balaban J connectivity index is 2.40. The van der Waals surface area contributed by atoms with E-state index in [1.165, 1.54) is 11.1 Å². The molecule has 0 nitrogen and oxygen atoms in total. The molecule has 94 valence electrons. The molecule has 0 aliphatic rings. The number of aryl methyl sites for hydroxylation is 2. The number of rotatable bonds is 2. The van der Waals surface area contributed by atoms with Crippen molar-refractivity contribution >= 4 is 39.1 Å². The summed E-state index contributed by atoms with van der Waals surface area (Å²) >= 11 is 16.0. The molecule has 0 heterocycles. The molecule has 0 amide bonds. The Labute approximate surface area is 126 Å². The van der Waals surface area contributed by atoms with E-state index in [4.69, 9.17) is 23.2 Å². The summed E-state index contributed by atoms with van der Waals surface area (Å²) in [6, 6.07) is 12.0. The molecule has 18 heavy (non-hydrogen) atoms. The summed E-state index contributed by atoms with van der Waals surface area (Å²) in [7, 11) is 0. The van der Waals surface area contributed by atoms with Gasteiger partial charge >= 0.3 is 0 Å². The summed E-state index contributed by atoms with van der Waals surface area (Å²) in [4.78, 5) is 0. The Morgan fingerprint density at radius 2 is 1.67 bits per heavy atom. The topological polar surface area (TPSA) is 0 Å². The molecule has 2 rings (SSSR count). The summed E-state index contributed by atoms with van der Waals surface area (Å²) in [6.45, 7) is 4.19. The van der Waals surface area contributed by atoms with E-state index in [-0.39, 0.29) is 5.38 Å².